The predicted molar refractivity (Wildman–Crippen MR) is 71.7 cm³/mol. The zero-order valence-electron chi connectivity index (χ0n) is 9.80. The molecule has 0 fully saturated rings. The second-order valence-corrected chi connectivity index (χ2v) is 4.92. The molecular formula is C13H9ClN4O. The van der Waals surface area contributed by atoms with Crippen molar-refractivity contribution in [3.8, 4) is 0 Å². The number of hydrogen-bond acceptors (Lipinski definition) is 4. The molecule has 1 aromatic carbocycles. The van der Waals surface area contributed by atoms with Gasteiger partial charge in [-0.2, -0.15) is 4.98 Å². The maximum absolute atomic E-state index is 12.2. The molecule has 0 saturated carbocycles. The molecule has 0 saturated heterocycles. The van der Waals surface area contributed by atoms with Gasteiger partial charge in [0.15, 0.2) is 5.82 Å². The van der Waals surface area contributed by atoms with Gasteiger partial charge in [-0.05, 0) is 23.2 Å². The molecule has 94 valence electrons. The molecule has 1 atom stereocenters. The number of amides is 1. The first kappa shape index (κ1) is 10.8. The Morgan fingerprint density at radius 2 is 2.21 bits per heavy atom. The van der Waals surface area contributed by atoms with Crippen molar-refractivity contribution in [3.05, 3.63) is 41.3 Å². The van der Waals surface area contributed by atoms with Gasteiger partial charge >= 0.3 is 0 Å². The van der Waals surface area contributed by atoms with Crippen molar-refractivity contribution in [2.24, 2.45) is 0 Å². The van der Waals surface area contributed by atoms with E-state index >= 15 is 0 Å². The van der Waals surface area contributed by atoms with Gasteiger partial charge in [-0.15, -0.1) is 0 Å². The molecule has 4 rings (SSSR count). The van der Waals surface area contributed by atoms with Crippen LogP contribution in [0.25, 0.3) is 0 Å². The minimum atomic E-state index is -0.254. The summed E-state index contributed by atoms with van der Waals surface area (Å²) < 4.78 is 0. The molecule has 2 aromatic rings. The Balaban J connectivity index is 1.96. The summed E-state index contributed by atoms with van der Waals surface area (Å²) in [5.74, 6) is 0.629. The Bertz CT molecular complexity index is 703. The smallest absolute Gasteiger partial charge is 0.248 e. The fourth-order valence-corrected chi connectivity index (χ4v) is 2.83. The summed E-state index contributed by atoms with van der Waals surface area (Å²) in [6, 6.07) is 7.70. The van der Waals surface area contributed by atoms with Crippen molar-refractivity contribution in [3.63, 3.8) is 0 Å². The van der Waals surface area contributed by atoms with Crippen molar-refractivity contribution in [2.75, 3.05) is 10.2 Å². The molecule has 19 heavy (non-hydrogen) atoms. The molecular weight excluding hydrogens is 264 g/mol. The van der Waals surface area contributed by atoms with Crippen molar-refractivity contribution >= 4 is 34.7 Å². The molecule has 2 aliphatic heterocycles. The van der Waals surface area contributed by atoms with E-state index in [1.54, 1.807) is 6.20 Å². The van der Waals surface area contributed by atoms with Crippen LogP contribution in [-0.4, -0.2) is 21.9 Å². The molecule has 6 heteroatoms. The first-order valence-electron chi connectivity index (χ1n) is 5.94. The number of aromatic nitrogens is 2. The molecule has 1 aromatic heterocycles. The van der Waals surface area contributed by atoms with Crippen LogP contribution in [0.4, 0.5) is 17.2 Å². The summed E-state index contributed by atoms with van der Waals surface area (Å²) in [4.78, 5) is 22.3. The van der Waals surface area contributed by atoms with Crippen molar-refractivity contribution in [2.45, 2.75) is 12.5 Å². The minimum absolute atomic E-state index is 0.0328. The quantitative estimate of drug-likeness (QED) is 0.747. The molecule has 0 aliphatic carbocycles. The van der Waals surface area contributed by atoms with Gasteiger partial charge in [0.2, 0.25) is 11.2 Å². The lowest BCUT2D eigenvalue weighted by Gasteiger charge is -2.31. The fraction of sp³-hybridized carbons (Fsp3) is 0.154. The molecule has 3 heterocycles. The molecule has 5 nitrogen and oxygen atoms in total. The summed E-state index contributed by atoms with van der Waals surface area (Å²) >= 11 is 5.87. The number of rotatable bonds is 0. The number of carbonyl (C=O) groups excluding carboxylic acids is 1. The maximum Gasteiger partial charge on any atom is 0.248 e. The number of carbonyl (C=O) groups is 1. The lowest BCUT2D eigenvalue weighted by molar-refractivity contribution is -0.117. The number of para-hydroxylation sites is 1. The number of hydrogen-bond donors (Lipinski definition) is 1. The number of anilines is 3. The van der Waals surface area contributed by atoms with E-state index in [0.29, 0.717) is 17.9 Å². The highest BCUT2D eigenvalue weighted by Gasteiger charge is 2.40. The zero-order chi connectivity index (χ0) is 13.0. The lowest BCUT2D eigenvalue weighted by atomic mass is 10.1. The average molecular weight is 273 g/mol. The van der Waals surface area contributed by atoms with Gasteiger partial charge in [0.05, 0.1) is 6.20 Å². The van der Waals surface area contributed by atoms with Gasteiger partial charge in [0.1, 0.15) is 11.7 Å². The summed E-state index contributed by atoms with van der Waals surface area (Å²) in [5.41, 5.74) is 2.76. The van der Waals surface area contributed by atoms with Crippen LogP contribution >= 0.6 is 11.6 Å². The molecule has 0 bridgehead atoms. The van der Waals surface area contributed by atoms with E-state index in [4.69, 9.17) is 11.6 Å². The minimum Gasteiger partial charge on any atom is -0.320 e. The second-order valence-electron chi connectivity index (χ2n) is 4.58. The highest BCUT2D eigenvalue weighted by Crippen LogP contribution is 2.43. The van der Waals surface area contributed by atoms with E-state index in [-0.39, 0.29) is 17.2 Å². The van der Waals surface area contributed by atoms with Crippen molar-refractivity contribution in [1.82, 2.24) is 9.97 Å². The van der Waals surface area contributed by atoms with Crippen LogP contribution in [0.3, 0.4) is 0 Å². The summed E-state index contributed by atoms with van der Waals surface area (Å²) in [7, 11) is 0. The van der Waals surface area contributed by atoms with E-state index in [9.17, 15) is 4.79 Å². The average Bonchev–Trinajstić information content (AvgIpc) is 2.80. The molecule has 1 unspecified atom stereocenters. The topological polar surface area (TPSA) is 58.1 Å². The van der Waals surface area contributed by atoms with Crippen molar-refractivity contribution < 1.29 is 4.79 Å². The Morgan fingerprint density at radius 1 is 1.37 bits per heavy atom. The number of halogens is 1. The largest absolute Gasteiger partial charge is 0.320 e. The molecule has 0 spiro atoms. The molecule has 2 aliphatic rings. The van der Waals surface area contributed by atoms with E-state index in [1.807, 2.05) is 29.2 Å². The lowest BCUT2D eigenvalue weighted by Crippen LogP contribution is -2.44. The van der Waals surface area contributed by atoms with E-state index < -0.39 is 0 Å². The van der Waals surface area contributed by atoms with Crippen molar-refractivity contribution in [1.29, 1.82) is 0 Å². The highest BCUT2D eigenvalue weighted by atomic mass is 35.5. The van der Waals surface area contributed by atoms with Crippen LogP contribution in [0.15, 0.2) is 30.5 Å². The van der Waals surface area contributed by atoms with Gasteiger partial charge in [-0.1, -0.05) is 18.2 Å². The van der Waals surface area contributed by atoms with Gasteiger partial charge < -0.3 is 10.2 Å². The zero-order valence-corrected chi connectivity index (χ0v) is 10.6. The summed E-state index contributed by atoms with van der Waals surface area (Å²) in [6.07, 6.45) is 2.22. The normalized spacial score (nSPS) is 19.5. The third-order valence-corrected chi connectivity index (χ3v) is 3.69. The monoisotopic (exact) mass is 272 g/mol. The van der Waals surface area contributed by atoms with E-state index in [2.05, 4.69) is 15.3 Å². The third-order valence-electron chi connectivity index (χ3n) is 3.50. The highest BCUT2D eigenvalue weighted by molar-refractivity contribution is 6.28. The Labute approximate surface area is 114 Å². The first-order valence-corrected chi connectivity index (χ1v) is 6.32. The summed E-state index contributed by atoms with van der Waals surface area (Å²) in [5, 5.41) is 3.01. The van der Waals surface area contributed by atoms with Crippen LogP contribution in [-0.2, 0) is 11.2 Å². The van der Waals surface area contributed by atoms with Gasteiger partial charge in [0.25, 0.3) is 0 Å². The number of nitrogens with zero attached hydrogens (tertiary/aromatic N) is 3. The van der Waals surface area contributed by atoms with Crippen LogP contribution in [0.1, 0.15) is 5.56 Å². The van der Waals surface area contributed by atoms with Gasteiger partial charge in [-0.3, -0.25) is 4.79 Å². The van der Waals surface area contributed by atoms with Crippen LogP contribution in [0.5, 0.6) is 0 Å². The standard InChI is InChI=1S/C13H9ClN4O/c14-13-15-6-8-11(17-13)18-9-4-2-1-3-7(9)5-10(18)12(19)16-8/h1-4,6,10H,5H2,(H,16,19). The Kier molecular flexibility index (Phi) is 2.08. The maximum atomic E-state index is 12.2. The molecule has 1 N–H and O–H groups in total. The number of benzene rings is 1. The molecule has 1 amide bonds. The fourth-order valence-electron chi connectivity index (χ4n) is 2.70. The van der Waals surface area contributed by atoms with Crippen LogP contribution < -0.4 is 10.2 Å². The first-order chi connectivity index (χ1) is 9.24. The van der Waals surface area contributed by atoms with E-state index in [0.717, 1.165) is 11.3 Å². The van der Waals surface area contributed by atoms with Crippen LogP contribution in [0.2, 0.25) is 5.28 Å². The van der Waals surface area contributed by atoms with Gasteiger partial charge in [-0.25, -0.2) is 4.98 Å². The second kappa shape index (κ2) is 3.68. The van der Waals surface area contributed by atoms with E-state index in [1.165, 1.54) is 0 Å². The number of nitrogens with one attached hydrogen (secondary N) is 1. The predicted octanol–water partition coefficient (Wildman–Crippen LogP) is 2.14. The van der Waals surface area contributed by atoms with Gasteiger partial charge in [0, 0.05) is 12.1 Å². The third kappa shape index (κ3) is 1.45. The Hall–Kier alpha value is -2.14. The summed E-state index contributed by atoms with van der Waals surface area (Å²) in [6.45, 7) is 0. The Morgan fingerprint density at radius 3 is 3.11 bits per heavy atom. The SMILES string of the molecule is O=C1Nc2cnc(Cl)nc2N2c3ccccc3CC12. The number of fused-ring (bicyclic) bond motifs is 5. The molecule has 0 radical (unpaired) electrons. The van der Waals surface area contributed by atoms with Crippen LogP contribution in [0, 0.1) is 0 Å².